The van der Waals surface area contributed by atoms with Crippen LogP contribution in [0, 0.1) is 0 Å². The lowest BCUT2D eigenvalue weighted by Crippen LogP contribution is -2.31. The molecule has 0 aliphatic heterocycles. The van der Waals surface area contributed by atoms with Gasteiger partial charge in [-0.05, 0) is 47.4 Å². The first-order valence-electron chi connectivity index (χ1n) is 8.39. The molecule has 0 spiro atoms. The van der Waals surface area contributed by atoms with Gasteiger partial charge >= 0.3 is 0 Å². The Labute approximate surface area is 146 Å². The fourth-order valence-corrected chi connectivity index (χ4v) is 2.52. The topological polar surface area (TPSA) is 75.3 Å². The van der Waals surface area contributed by atoms with Crippen molar-refractivity contribution in [2.24, 2.45) is 5.73 Å². The summed E-state index contributed by atoms with van der Waals surface area (Å²) >= 11 is 0. The van der Waals surface area contributed by atoms with Crippen molar-refractivity contribution < 1.29 is 9.90 Å². The summed E-state index contributed by atoms with van der Waals surface area (Å²) in [5, 5.41) is 13.5. The van der Waals surface area contributed by atoms with Crippen molar-refractivity contribution in [3.05, 3.63) is 40.7 Å². The molecule has 1 aromatic rings. The van der Waals surface area contributed by atoms with Gasteiger partial charge in [0.05, 0.1) is 11.7 Å². The molecule has 4 N–H and O–H groups in total. The molecule has 134 valence electrons. The van der Waals surface area contributed by atoms with E-state index in [0.29, 0.717) is 11.6 Å². The van der Waals surface area contributed by atoms with Gasteiger partial charge in [0.2, 0.25) is 5.91 Å². The average molecular weight is 332 g/mol. The van der Waals surface area contributed by atoms with Crippen LogP contribution in [-0.4, -0.2) is 11.0 Å². The maximum absolute atomic E-state index is 12.4. The number of carbonyl (C=O) groups is 1. The fourth-order valence-electron chi connectivity index (χ4n) is 2.52. The van der Waals surface area contributed by atoms with Gasteiger partial charge in [0.15, 0.2) is 0 Å². The highest BCUT2D eigenvalue weighted by Gasteiger charge is 2.28. The van der Waals surface area contributed by atoms with E-state index in [0.717, 1.165) is 16.7 Å². The molecule has 1 amide bonds. The standard InChI is InChI=1S/C20H32N2O2/c1-9-16(21)22-18(24)12(2)13-10-14(19(3,4)5)17(23)15(11-13)20(6,7)8/h9-12,23H,21H2,1-8H3,(H,22,24). The Balaban J connectivity index is 3.46. The number of hydrogen-bond donors (Lipinski definition) is 3. The SMILES string of the molecule is CC=C(N)NC(=O)C(C)c1cc(C(C)(C)C)c(O)c(C(C)(C)C)c1. The van der Waals surface area contributed by atoms with Crippen LogP contribution in [0.5, 0.6) is 5.75 Å². The smallest absolute Gasteiger partial charge is 0.232 e. The molecule has 4 nitrogen and oxygen atoms in total. The number of carbonyl (C=O) groups excluding carboxylic acids is 1. The molecule has 0 bridgehead atoms. The summed E-state index contributed by atoms with van der Waals surface area (Å²) in [6.07, 6.45) is 1.66. The zero-order valence-electron chi connectivity index (χ0n) is 16.2. The molecule has 24 heavy (non-hydrogen) atoms. The number of phenolic OH excluding ortho intramolecular Hbond substituents is 1. The maximum atomic E-state index is 12.4. The van der Waals surface area contributed by atoms with Crippen LogP contribution in [0.2, 0.25) is 0 Å². The highest BCUT2D eigenvalue weighted by molar-refractivity contribution is 5.84. The third kappa shape index (κ3) is 4.53. The molecule has 0 radical (unpaired) electrons. The Hall–Kier alpha value is -1.97. The van der Waals surface area contributed by atoms with Crippen LogP contribution in [0.3, 0.4) is 0 Å². The lowest BCUT2D eigenvalue weighted by Gasteiger charge is -2.29. The quantitative estimate of drug-likeness (QED) is 0.782. The van der Waals surface area contributed by atoms with Gasteiger partial charge < -0.3 is 16.2 Å². The van der Waals surface area contributed by atoms with E-state index in [9.17, 15) is 9.90 Å². The molecule has 0 saturated carbocycles. The number of benzene rings is 1. The number of aromatic hydroxyl groups is 1. The molecule has 4 heteroatoms. The van der Waals surface area contributed by atoms with Crippen molar-refractivity contribution >= 4 is 5.91 Å². The van der Waals surface area contributed by atoms with Gasteiger partial charge in [-0.15, -0.1) is 0 Å². The lowest BCUT2D eigenvalue weighted by molar-refractivity contribution is -0.121. The molecule has 0 aromatic heterocycles. The van der Waals surface area contributed by atoms with Crippen LogP contribution in [0.15, 0.2) is 24.0 Å². The molecule has 0 saturated heterocycles. The number of hydrogen-bond acceptors (Lipinski definition) is 3. The van der Waals surface area contributed by atoms with E-state index in [4.69, 9.17) is 5.73 Å². The third-order valence-corrected chi connectivity index (χ3v) is 4.22. The van der Waals surface area contributed by atoms with Gasteiger partial charge in [0, 0.05) is 0 Å². The first kappa shape index (κ1) is 20.1. The number of nitrogens with two attached hydrogens (primary N) is 1. The molecular weight excluding hydrogens is 300 g/mol. The fraction of sp³-hybridized carbons (Fsp3) is 0.550. The summed E-state index contributed by atoms with van der Waals surface area (Å²) < 4.78 is 0. The minimum absolute atomic E-state index is 0.156. The number of allylic oxidation sites excluding steroid dienone is 1. The maximum Gasteiger partial charge on any atom is 0.232 e. The van der Waals surface area contributed by atoms with Crippen LogP contribution in [-0.2, 0) is 15.6 Å². The van der Waals surface area contributed by atoms with Crippen molar-refractivity contribution in [3.8, 4) is 5.75 Å². The largest absolute Gasteiger partial charge is 0.507 e. The Bertz CT molecular complexity index is 612. The summed E-state index contributed by atoms with van der Waals surface area (Å²) in [5.74, 6) is 0.138. The third-order valence-electron chi connectivity index (χ3n) is 4.22. The molecule has 0 fully saturated rings. The average Bonchev–Trinajstić information content (AvgIpc) is 2.43. The Morgan fingerprint density at radius 1 is 1.12 bits per heavy atom. The van der Waals surface area contributed by atoms with Crippen LogP contribution >= 0.6 is 0 Å². The molecule has 1 atom stereocenters. The van der Waals surface area contributed by atoms with Gasteiger partial charge in [0.1, 0.15) is 5.75 Å². The zero-order chi connectivity index (χ0) is 18.9. The van der Waals surface area contributed by atoms with Crippen molar-refractivity contribution in [1.82, 2.24) is 5.32 Å². The predicted octanol–water partition coefficient (Wildman–Crippen LogP) is 4.03. The molecule has 0 aliphatic rings. The second-order valence-electron chi connectivity index (χ2n) is 8.42. The van der Waals surface area contributed by atoms with Crippen LogP contribution < -0.4 is 11.1 Å². The number of amides is 1. The van der Waals surface area contributed by atoms with Gasteiger partial charge in [0.25, 0.3) is 0 Å². The summed E-state index contributed by atoms with van der Waals surface area (Å²) in [5.41, 5.74) is 7.83. The van der Waals surface area contributed by atoms with Crippen LogP contribution in [0.1, 0.15) is 78.0 Å². The monoisotopic (exact) mass is 332 g/mol. The lowest BCUT2D eigenvalue weighted by atomic mass is 9.77. The Morgan fingerprint density at radius 3 is 1.88 bits per heavy atom. The second kappa shape index (κ2) is 6.88. The van der Waals surface area contributed by atoms with Crippen LogP contribution in [0.25, 0.3) is 0 Å². The van der Waals surface area contributed by atoms with Crippen molar-refractivity contribution in [3.63, 3.8) is 0 Å². The summed E-state index contributed by atoms with van der Waals surface area (Å²) in [6.45, 7) is 16.0. The minimum Gasteiger partial charge on any atom is -0.507 e. The van der Waals surface area contributed by atoms with Gasteiger partial charge in [-0.25, -0.2) is 0 Å². The number of rotatable bonds is 3. The van der Waals surface area contributed by atoms with Gasteiger partial charge in [-0.1, -0.05) is 53.7 Å². The van der Waals surface area contributed by atoms with Gasteiger partial charge in [-0.3, -0.25) is 4.79 Å². The molecular formula is C20H32N2O2. The number of phenols is 1. The first-order chi connectivity index (χ1) is 10.8. The summed E-state index contributed by atoms with van der Waals surface area (Å²) in [7, 11) is 0. The van der Waals surface area contributed by atoms with E-state index < -0.39 is 0 Å². The summed E-state index contributed by atoms with van der Waals surface area (Å²) in [6, 6.07) is 3.86. The molecule has 1 unspecified atom stereocenters. The van der Waals surface area contributed by atoms with Crippen molar-refractivity contribution in [1.29, 1.82) is 0 Å². The Morgan fingerprint density at radius 2 is 1.54 bits per heavy atom. The van der Waals surface area contributed by atoms with E-state index in [2.05, 4.69) is 46.9 Å². The van der Waals surface area contributed by atoms with Crippen molar-refractivity contribution in [2.75, 3.05) is 0 Å². The van der Waals surface area contributed by atoms with Crippen LogP contribution in [0.4, 0.5) is 0 Å². The highest BCUT2D eigenvalue weighted by Crippen LogP contribution is 2.41. The molecule has 1 rings (SSSR count). The summed E-state index contributed by atoms with van der Waals surface area (Å²) in [4.78, 5) is 12.4. The second-order valence-corrected chi connectivity index (χ2v) is 8.42. The molecule has 0 heterocycles. The predicted molar refractivity (Wildman–Crippen MR) is 100 cm³/mol. The van der Waals surface area contributed by atoms with Crippen molar-refractivity contribution in [2.45, 2.75) is 72.1 Å². The van der Waals surface area contributed by atoms with E-state index in [1.807, 2.05) is 19.1 Å². The van der Waals surface area contributed by atoms with E-state index in [-0.39, 0.29) is 22.7 Å². The van der Waals surface area contributed by atoms with Gasteiger partial charge in [-0.2, -0.15) is 0 Å². The zero-order valence-corrected chi connectivity index (χ0v) is 16.2. The van der Waals surface area contributed by atoms with E-state index in [1.54, 1.807) is 13.0 Å². The van der Waals surface area contributed by atoms with E-state index in [1.165, 1.54) is 0 Å². The van der Waals surface area contributed by atoms with E-state index >= 15 is 0 Å². The molecule has 0 aliphatic carbocycles. The minimum atomic E-state index is -0.369. The highest BCUT2D eigenvalue weighted by atomic mass is 16.3. The number of nitrogens with one attached hydrogen (secondary N) is 1. The molecule has 1 aromatic carbocycles. The Kier molecular flexibility index (Phi) is 5.75. The first-order valence-corrected chi connectivity index (χ1v) is 8.39. The normalized spacial score (nSPS) is 14.4.